The minimum Gasteiger partial charge on any atom is -0.380 e. The fourth-order valence-corrected chi connectivity index (χ4v) is 3.65. The second-order valence-electron chi connectivity index (χ2n) is 6.57. The van der Waals surface area contributed by atoms with Crippen LogP contribution in [0.15, 0.2) is 0 Å². The van der Waals surface area contributed by atoms with Crippen molar-refractivity contribution >= 4 is 0 Å². The Morgan fingerprint density at radius 3 is 1.68 bits per heavy atom. The van der Waals surface area contributed by atoms with Crippen LogP contribution in [0.25, 0.3) is 0 Å². The molecular weight excluding hydrogens is 272 g/mol. The minimum absolute atomic E-state index is 0.405. The molecule has 0 bridgehead atoms. The van der Waals surface area contributed by atoms with Gasteiger partial charge in [-0.3, -0.25) is 0 Å². The third-order valence-corrected chi connectivity index (χ3v) is 5.51. The van der Waals surface area contributed by atoms with Crippen molar-refractivity contribution in [3.63, 3.8) is 0 Å². The lowest BCUT2D eigenvalue weighted by molar-refractivity contribution is 0.105. The molecule has 0 spiro atoms. The van der Waals surface area contributed by atoms with Crippen LogP contribution in [0.1, 0.15) is 92.4 Å². The Morgan fingerprint density at radius 1 is 0.773 bits per heavy atom. The van der Waals surface area contributed by atoms with Gasteiger partial charge < -0.3 is 10.2 Å². The summed E-state index contributed by atoms with van der Waals surface area (Å²) < 4.78 is 0. The number of rotatable bonds is 11. The van der Waals surface area contributed by atoms with Crippen LogP contribution in [-0.4, -0.2) is 22.4 Å². The van der Waals surface area contributed by atoms with Gasteiger partial charge in [-0.05, 0) is 30.6 Å². The summed E-state index contributed by atoms with van der Waals surface area (Å²) in [6.07, 6.45) is 8.07. The molecule has 0 saturated carbocycles. The van der Waals surface area contributed by atoms with Gasteiger partial charge in [0.25, 0.3) is 0 Å². The van der Waals surface area contributed by atoms with Crippen molar-refractivity contribution in [3.05, 3.63) is 0 Å². The summed E-state index contributed by atoms with van der Waals surface area (Å²) in [6.45, 7) is 11.2. The lowest BCUT2D eigenvalue weighted by Crippen LogP contribution is -2.29. The summed E-state index contributed by atoms with van der Waals surface area (Å²) in [5.74, 6) is 6.27. The summed E-state index contributed by atoms with van der Waals surface area (Å²) in [7, 11) is 0. The van der Waals surface area contributed by atoms with Crippen LogP contribution < -0.4 is 0 Å². The third-order valence-electron chi connectivity index (χ3n) is 5.51. The molecule has 0 rings (SSSR count). The van der Waals surface area contributed by atoms with E-state index in [2.05, 4.69) is 46.5 Å². The molecule has 0 aromatic rings. The third kappa shape index (κ3) is 7.16. The molecule has 0 saturated heterocycles. The van der Waals surface area contributed by atoms with E-state index in [0.717, 1.165) is 25.7 Å². The molecule has 2 nitrogen and oxygen atoms in total. The maximum atomic E-state index is 10.1. The van der Waals surface area contributed by atoms with Gasteiger partial charge in [0.05, 0.1) is 0 Å². The Bertz CT molecular complexity index is 314. The Morgan fingerprint density at radius 2 is 1.27 bits per heavy atom. The molecule has 130 valence electrons. The van der Waals surface area contributed by atoms with Crippen molar-refractivity contribution in [3.8, 4) is 11.8 Å². The normalized spacial score (nSPS) is 15.8. The van der Waals surface area contributed by atoms with Crippen LogP contribution in [0.5, 0.6) is 0 Å². The highest BCUT2D eigenvalue weighted by Gasteiger charge is 2.32. The average Bonchev–Trinajstić information content (AvgIpc) is 2.55. The first-order valence-corrected chi connectivity index (χ1v) is 9.36. The van der Waals surface area contributed by atoms with E-state index < -0.39 is 12.2 Å². The molecule has 2 heteroatoms. The van der Waals surface area contributed by atoms with Gasteiger partial charge in [-0.1, -0.05) is 85.0 Å². The Kier molecular flexibility index (Phi) is 11.7. The average molecular weight is 311 g/mol. The van der Waals surface area contributed by atoms with E-state index in [1.165, 1.54) is 19.3 Å². The van der Waals surface area contributed by atoms with Crippen LogP contribution in [0.4, 0.5) is 0 Å². The molecular formula is C20H38O2. The fourth-order valence-electron chi connectivity index (χ4n) is 3.65. The molecule has 0 aliphatic rings. The predicted molar refractivity (Wildman–Crippen MR) is 95.6 cm³/mol. The molecule has 0 amide bonds. The summed E-state index contributed by atoms with van der Waals surface area (Å²) in [5, 5.41) is 19.8. The maximum absolute atomic E-state index is 10.1. The zero-order valence-electron chi connectivity index (χ0n) is 15.5. The number of aliphatic hydroxyl groups is 2. The van der Waals surface area contributed by atoms with Gasteiger partial charge in [-0.15, -0.1) is 0 Å². The van der Waals surface area contributed by atoms with Crippen LogP contribution in [0, 0.1) is 23.2 Å². The van der Waals surface area contributed by atoms with Gasteiger partial charge in [-0.25, -0.2) is 0 Å². The SMILES string of the molecule is CCCCC(O)C#CC(O)CCC(CC)C(CC)(CC)CC. The van der Waals surface area contributed by atoms with E-state index in [1.54, 1.807) is 0 Å². The lowest BCUT2D eigenvalue weighted by Gasteiger charge is -2.39. The molecule has 0 aromatic heterocycles. The quantitative estimate of drug-likeness (QED) is 0.531. The minimum atomic E-state index is -0.603. The van der Waals surface area contributed by atoms with Crippen molar-refractivity contribution in [2.75, 3.05) is 0 Å². The fraction of sp³-hybridized carbons (Fsp3) is 0.900. The molecule has 0 aliphatic carbocycles. The number of unbranched alkanes of at least 4 members (excludes halogenated alkanes) is 1. The number of hydrogen-bond acceptors (Lipinski definition) is 2. The highest BCUT2D eigenvalue weighted by molar-refractivity contribution is 5.08. The topological polar surface area (TPSA) is 40.5 Å². The molecule has 3 atom stereocenters. The summed E-state index contributed by atoms with van der Waals surface area (Å²) in [4.78, 5) is 0. The van der Waals surface area contributed by atoms with Crippen LogP contribution in [-0.2, 0) is 0 Å². The molecule has 0 fully saturated rings. The maximum Gasteiger partial charge on any atom is 0.114 e. The van der Waals surface area contributed by atoms with E-state index >= 15 is 0 Å². The number of aliphatic hydroxyl groups excluding tert-OH is 2. The largest absolute Gasteiger partial charge is 0.380 e. The van der Waals surface area contributed by atoms with E-state index in [1.807, 2.05) is 0 Å². The molecule has 0 radical (unpaired) electrons. The van der Waals surface area contributed by atoms with Gasteiger partial charge in [0, 0.05) is 0 Å². The first kappa shape index (κ1) is 21.5. The summed E-state index contributed by atoms with van der Waals surface area (Å²) >= 11 is 0. The molecule has 22 heavy (non-hydrogen) atoms. The zero-order chi connectivity index (χ0) is 17.0. The predicted octanol–water partition coefficient (Wildman–Crippen LogP) is 4.92. The Hall–Kier alpha value is -0.520. The molecule has 0 aliphatic heterocycles. The zero-order valence-corrected chi connectivity index (χ0v) is 15.5. The van der Waals surface area contributed by atoms with Gasteiger partial charge in [0.2, 0.25) is 0 Å². The van der Waals surface area contributed by atoms with E-state index in [4.69, 9.17) is 0 Å². The highest BCUT2D eigenvalue weighted by atomic mass is 16.3. The standard InChI is InChI=1S/C20H38O2/c1-6-11-12-18(21)15-16-19(22)14-13-17(7-2)20(8-3,9-4)10-5/h17-19,21-22H,6-14H2,1-5H3. The molecule has 0 aromatic carbocycles. The van der Waals surface area contributed by atoms with Crippen LogP contribution in [0.2, 0.25) is 0 Å². The van der Waals surface area contributed by atoms with E-state index in [-0.39, 0.29) is 0 Å². The first-order chi connectivity index (χ1) is 10.5. The van der Waals surface area contributed by atoms with Gasteiger partial charge in [-0.2, -0.15) is 0 Å². The van der Waals surface area contributed by atoms with Crippen LogP contribution >= 0.6 is 0 Å². The lowest BCUT2D eigenvalue weighted by atomic mass is 9.66. The Balaban J connectivity index is 4.47. The number of hydrogen-bond donors (Lipinski definition) is 2. The van der Waals surface area contributed by atoms with Gasteiger partial charge in [0.1, 0.15) is 12.2 Å². The van der Waals surface area contributed by atoms with Crippen molar-refractivity contribution in [2.45, 2.75) is 105 Å². The summed E-state index contributed by atoms with van der Waals surface area (Å²) in [5.41, 5.74) is 0.405. The highest BCUT2D eigenvalue weighted by Crippen LogP contribution is 2.42. The van der Waals surface area contributed by atoms with Gasteiger partial charge >= 0.3 is 0 Å². The Labute approximate surface area is 138 Å². The van der Waals surface area contributed by atoms with Crippen molar-refractivity contribution in [1.82, 2.24) is 0 Å². The van der Waals surface area contributed by atoms with Gasteiger partial charge in [0.15, 0.2) is 0 Å². The smallest absolute Gasteiger partial charge is 0.114 e. The first-order valence-electron chi connectivity index (χ1n) is 9.36. The van der Waals surface area contributed by atoms with Crippen LogP contribution in [0.3, 0.4) is 0 Å². The van der Waals surface area contributed by atoms with Crippen molar-refractivity contribution in [2.24, 2.45) is 11.3 Å². The van der Waals surface area contributed by atoms with E-state index in [9.17, 15) is 10.2 Å². The molecule has 3 unspecified atom stereocenters. The van der Waals surface area contributed by atoms with E-state index in [0.29, 0.717) is 24.2 Å². The molecule has 2 N–H and O–H groups in total. The molecule has 0 heterocycles. The van der Waals surface area contributed by atoms with Crippen molar-refractivity contribution in [1.29, 1.82) is 0 Å². The second-order valence-corrected chi connectivity index (χ2v) is 6.57. The second kappa shape index (κ2) is 12.0. The summed E-state index contributed by atoms with van der Waals surface area (Å²) in [6, 6.07) is 0. The van der Waals surface area contributed by atoms with Crippen molar-refractivity contribution < 1.29 is 10.2 Å². The monoisotopic (exact) mass is 310 g/mol.